The van der Waals surface area contributed by atoms with Gasteiger partial charge in [0.05, 0.1) is 5.92 Å². The van der Waals surface area contributed by atoms with Crippen LogP contribution in [0.4, 0.5) is 0 Å². The molecule has 1 saturated carbocycles. The largest absolute Gasteiger partial charge is 0.481 e. The molecule has 2 heterocycles. The van der Waals surface area contributed by atoms with Gasteiger partial charge in [0.2, 0.25) is 11.8 Å². The average Bonchev–Trinajstić information content (AvgIpc) is 3.27. The van der Waals surface area contributed by atoms with Gasteiger partial charge in [-0.2, -0.15) is 4.98 Å². The lowest BCUT2D eigenvalue weighted by Crippen LogP contribution is -2.42. The summed E-state index contributed by atoms with van der Waals surface area (Å²) >= 11 is 0. The first-order valence-electron chi connectivity index (χ1n) is 7.96. The molecule has 0 radical (unpaired) electrons. The third-order valence-corrected chi connectivity index (χ3v) is 4.33. The molecule has 2 fully saturated rings. The van der Waals surface area contributed by atoms with E-state index in [1.165, 1.54) is 0 Å². The number of likely N-dealkylation sites (tertiary alicyclic amines) is 1. The SMILES string of the molecule is O=C(O)[C@H]1CCCN(C(=O)CCCc2nc(C3CC3)no2)C1. The Hall–Kier alpha value is -1.92. The van der Waals surface area contributed by atoms with E-state index in [9.17, 15) is 9.59 Å². The van der Waals surface area contributed by atoms with E-state index in [1.54, 1.807) is 4.90 Å². The van der Waals surface area contributed by atoms with Gasteiger partial charge in [0.25, 0.3) is 0 Å². The molecule has 2 aliphatic rings. The number of carbonyl (C=O) groups excluding carboxylic acids is 1. The Balaban J connectivity index is 1.42. The zero-order valence-electron chi connectivity index (χ0n) is 12.5. The van der Waals surface area contributed by atoms with Crippen LogP contribution in [0, 0.1) is 5.92 Å². The van der Waals surface area contributed by atoms with Crippen LogP contribution in [0.5, 0.6) is 0 Å². The van der Waals surface area contributed by atoms with Crippen molar-refractivity contribution in [2.45, 2.75) is 50.9 Å². The van der Waals surface area contributed by atoms with E-state index in [4.69, 9.17) is 9.63 Å². The van der Waals surface area contributed by atoms with Crippen molar-refractivity contribution in [2.24, 2.45) is 5.92 Å². The predicted molar refractivity (Wildman–Crippen MR) is 76.2 cm³/mol. The van der Waals surface area contributed by atoms with Crippen molar-refractivity contribution in [3.63, 3.8) is 0 Å². The Morgan fingerprint density at radius 1 is 1.32 bits per heavy atom. The maximum atomic E-state index is 12.1. The van der Waals surface area contributed by atoms with Crippen molar-refractivity contribution in [3.8, 4) is 0 Å². The van der Waals surface area contributed by atoms with E-state index < -0.39 is 11.9 Å². The lowest BCUT2D eigenvalue weighted by atomic mass is 9.98. The van der Waals surface area contributed by atoms with Gasteiger partial charge in [-0.1, -0.05) is 5.16 Å². The van der Waals surface area contributed by atoms with Crippen LogP contribution < -0.4 is 0 Å². The molecule has 7 heteroatoms. The van der Waals surface area contributed by atoms with Gasteiger partial charge in [-0.05, 0) is 32.1 Å². The number of hydrogen-bond acceptors (Lipinski definition) is 5. The van der Waals surface area contributed by atoms with Crippen LogP contribution in [0.2, 0.25) is 0 Å². The molecule has 7 nitrogen and oxygen atoms in total. The first-order chi connectivity index (χ1) is 10.6. The maximum absolute atomic E-state index is 12.1. The highest BCUT2D eigenvalue weighted by Crippen LogP contribution is 2.38. The predicted octanol–water partition coefficient (Wildman–Crippen LogP) is 1.59. The summed E-state index contributed by atoms with van der Waals surface area (Å²) in [7, 11) is 0. The van der Waals surface area contributed by atoms with Crippen LogP contribution in [0.1, 0.15) is 56.2 Å². The lowest BCUT2D eigenvalue weighted by Gasteiger charge is -2.30. The molecular weight excluding hydrogens is 286 g/mol. The number of carboxylic acid groups (broad SMARTS) is 1. The molecular formula is C15H21N3O4. The summed E-state index contributed by atoms with van der Waals surface area (Å²) in [6.45, 7) is 0.996. The second-order valence-electron chi connectivity index (χ2n) is 6.19. The molecule has 1 atom stereocenters. The van der Waals surface area contributed by atoms with Crippen LogP contribution in [-0.2, 0) is 16.0 Å². The monoisotopic (exact) mass is 307 g/mol. The van der Waals surface area contributed by atoms with E-state index in [2.05, 4.69) is 10.1 Å². The number of carboxylic acids is 1. The van der Waals surface area contributed by atoms with E-state index in [0.29, 0.717) is 50.6 Å². The summed E-state index contributed by atoms with van der Waals surface area (Å²) in [6, 6.07) is 0. The molecule has 0 unspecified atom stereocenters. The van der Waals surface area contributed by atoms with Crippen molar-refractivity contribution in [2.75, 3.05) is 13.1 Å². The van der Waals surface area contributed by atoms with Gasteiger partial charge < -0.3 is 14.5 Å². The average molecular weight is 307 g/mol. The molecule has 1 aliphatic heterocycles. The minimum absolute atomic E-state index is 0.0212. The van der Waals surface area contributed by atoms with Crippen molar-refractivity contribution >= 4 is 11.9 Å². The summed E-state index contributed by atoms with van der Waals surface area (Å²) in [4.78, 5) is 29.2. The molecule has 3 rings (SSSR count). The number of aliphatic carboxylic acids is 1. The molecule has 1 saturated heterocycles. The standard InChI is InChI=1S/C15H21N3O4/c19-13(18-8-2-3-11(9-18)15(20)21)5-1-4-12-16-14(17-22-12)10-6-7-10/h10-11H,1-9H2,(H,20,21)/t11-/m0/s1. The summed E-state index contributed by atoms with van der Waals surface area (Å²) in [5.74, 6) is 0.650. The van der Waals surface area contributed by atoms with Gasteiger partial charge in [0.15, 0.2) is 5.82 Å². The number of nitrogens with zero attached hydrogens (tertiary/aromatic N) is 3. The second-order valence-corrected chi connectivity index (χ2v) is 6.19. The van der Waals surface area contributed by atoms with Crippen LogP contribution in [0.3, 0.4) is 0 Å². The highest BCUT2D eigenvalue weighted by atomic mass is 16.5. The smallest absolute Gasteiger partial charge is 0.308 e. The fourth-order valence-electron chi connectivity index (χ4n) is 2.83. The van der Waals surface area contributed by atoms with E-state index in [-0.39, 0.29) is 5.91 Å². The van der Waals surface area contributed by atoms with E-state index in [1.807, 2.05) is 0 Å². The van der Waals surface area contributed by atoms with E-state index in [0.717, 1.165) is 25.1 Å². The van der Waals surface area contributed by atoms with Crippen LogP contribution in [0.25, 0.3) is 0 Å². The third-order valence-electron chi connectivity index (χ3n) is 4.33. The molecule has 1 N–H and O–H groups in total. The highest BCUT2D eigenvalue weighted by Gasteiger charge is 2.29. The van der Waals surface area contributed by atoms with Crippen molar-refractivity contribution in [3.05, 3.63) is 11.7 Å². The Morgan fingerprint density at radius 3 is 2.86 bits per heavy atom. The number of rotatable bonds is 6. The molecule has 1 amide bonds. The number of amides is 1. The quantitative estimate of drug-likeness (QED) is 0.857. The zero-order valence-corrected chi connectivity index (χ0v) is 12.5. The minimum Gasteiger partial charge on any atom is -0.481 e. The summed E-state index contributed by atoms with van der Waals surface area (Å²) in [5, 5.41) is 13.0. The molecule has 0 aromatic carbocycles. The minimum atomic E-state index is -0.809. The number of aryl methyl sites for hydroxylation is 1. The molecule has 1 aliphatic carbocycles. The third kappa shape index (κ3) is 3.64. The topological polar surface area (TPSA) is 96.5 Å². The molecule has 1 aromatic heterocycles. The molecule has 0 spiro atoms. The Kier molecular flexibility index (Phi) is 4.40. The Bertz CT molecular complexity index is 553. The molecule has 1 aromatic rings. The summed E-state index contributed by atoms with van der Waals surface area (Å²) < 4.78 is 5.18. The van der Waals surface area contributed by atoms with Crippen molar-refractivity contribution in [1.29, 1.82) is 0 Å². The number of piperidine rings is 1. The maximum Gasteiger partial charge on any atom is 0.308 e. The van der Waals surface area contributed by atoms with Gasteiger partial charge in [-0.15, -0.1) is 0 Å². The number of aromatic nitrogens is 2. The zero-order chi connectivity index (χ0) is 15.5. The van der Waals surface area contributed by atoms with Crippen LogP contribution in [-0.4, -0.2) is 45.1 Å². The second kappa shape index (κ2) is 6.46. The Morgan fingerprint density at radius 2 is 2.14 bits per heavy atom. The van der Waals surface area contributed by atoms with Crippen molar-refractivity contribution in [1.82, 2.24) is 15.0 Å². The van der Waals surface area contributed by atoms with Crippen LogP contribution in [0.15, 0.2) is 4.52 Å². The van der Waals surface area contributed by atoms with Gasteiger partial charge in [0.1, 0.15) is 0 Å². The van der Waals surface area contributed by atoms with Crippen LogP contribution >= 0.6 is 0 Å². The summed E-state index contributed by atoms with van der Waals surface area (Å²) in [6.07, 6.45) is 5.34. The molecule has 0 bridgehead atoms. The fourth-order valence-corrected chi connectivity index (χ4v) is 2.83. The normalized spacial score (nSPS) is 21.8. The van der Waals surface area contributed by atoms with Gasteiger partial charge in [-0.3, -0.25) is 9.59 Å². The molecule has 120 valence electrons. The number of hydrogen-bond donors (Lipinski definition) is 1. The van der Waals surface area contributed by atoms with Gasteiger partial charge in [-0.25, -0.2) is 0 Å². The molecule has 22 heavy (non-hydrogen) atoms. The number of carbonyl (C=O) groups is 2. The van der Waals surface area contributed by atoms with Crippen molar-refractivity contribution < 1.29 is 19.2 Å². The van der Waals surface area contributed by atoms with Gasteiger partial charge >= 0.3 is 5.97 Å². The lowest BCUT2D eigenvalue weighted by molar-refractivity contribution is -0.145. The first-order valence-corrected chi connectivity index (χ1v) is 7.96. The summed E-state index contributed by atoms with van der Waals surface area (Å²) in [5.41, 5.74) is 0. The fraction of sp³-hybridized carbons (Fsp3) is 0.733. The van der Waals surface area contributed by atoms with Gasteiger partial charge in [0, 0.05) is 31.8 Å². The highest BCUT2D eigenvalue weighted by molar-refractivity contribution is 5.78. The van der Waals surface area contributed by atoms with E-state index >= 15 is 0 Å². The first kappa shape index (κ1) is 15.0. The Labute approximate surface area is 128 Å².